The van der Waals surface area contributed by atoms with Crippen molar-refractivity contribution < 1.29 is 9.59 Å². The Labute approximate surface area is 112 Å². The lowest BCUT2D eigenvalue weighted by molar-refractivity contribution is -0.123. The van der Waals surface area contributed by atoms with E-state index in [4.69, 9.17) is 5.73 Å². The van der Waals surface area contributed by atoms with Crippen LogP contribution in [0.25, 0.3) is 0 Å². The predicted molar refractivity (Wildman–Crippen MR) is 75.7 cm³/mol. The average Bonchev–Trinajstić information content (AvgIpc) is 2.27. The average molecular weight is 264 g/mol. The molecule has 6 heteroatoms. The van der Waals surface area contributed by atoms with Gasteiger partial charge in [-0.2, -0.15) is 0 Å². The van der Waals surface area contributed by atoms with Crippen LogP contribution in [-0.4, -0.2) is 24.0 Å². The molecule has 0 saturated heterocycles. The first kappa shape index (κ1) is 14.8. The van der Waals surface area contributed by atoms with Crippen molar-refractivity contribution in [2.45, 2.75) is 32.9 Å². The number of carbonyl (C=O) groups excluding carboxylic acids is 2. The molecule has 0 aliphatic heterocycles. The first-order valence-corrected chi connectivity index (χ1v) is 6.12. The van der Waals surface area contributed by atoms with Gasteiger partial charge in [0, 0.05) is 17.4 Å². The normalized spacial score (nSPS) is 11.8. The molecule has 0 aromatic heterocycles. The molecule has 0 saturated carbocycles. The highest BCUT2D eigenvalue weighted by molar-refractivity contribution is 5.93. The molecule has 0 spiro atoms. The van der Waals surface area contributed by atoms with E-state index in [-0.39, 0.29) is 11.9 Å². The van der Waals surface area contributed by atoms with Gasteiger partial charge in [0.2, 0.25) is 5.91 Å². The minimum Gasteiger partial charge on any atom is -0.399 e. The number of hydrogen-bond acceptors (Lipinski definition) is 3. The molecule has 104 valence electrons. The summed E-state index contributed by atoms with van der Waals surface area (Å²) in [6, 6.07) is 5.80. The van der Waals surface area contributed by atoms with Crippen molar-refractivity contribution in [2.24, 2.45) is 0 Å². The van der Waals surface area contributed by atoms with Crippen LogP contribution in [-0.2, 0) is 4.79 Å². The third-order valence-corrected chi connectivity index (χ3v) is 2.32. The Morgan fingerprint density at radius 1 is 1.16 bits per heavy atom. The summed E-state index contributed by atoms with van der Waals surface area (Å²) in [6.07, 6.45) is 0. The largest absolute Gasteiger partial charge is 0.399 e. The molecule has 5 N–H and O–H groups in total. The summed E-state index contributed by atoms with van der Waals surface area (Å²) in [4.78, 5) is 23.3. The Morgan fingerprint density at radius 2 is 1.84 bits per heavy atom. The number of benzene rings is 1. The van der Waals surface area contributed by atoms with Crippen molar-refractivity contribution in [2.75, 3.05) is 11.1 Å². The number of amides is 3. The van der Waals surface area contributed by atoms with Crippen LogP contribution in [0.3, 0.4) is 0 Å². The second-order valence-corrected chi connectivity index (χ2v) is 4.61. The zero-order valence-electron chi connectivity index (χ0n) is 11.4. The van der Waals surface area contributed by atoms with Gasteiger partial charge in [0.05, 0.1) is 0 Å². The van der Waals surface area contributed by atoms with Gasteiger partial charge in [-0.3, -0.25) is 4.79 Å². The van der Waals surface area contributed by atoms with E-state index < -0.39 is 12.1 Å². The number of nitrogens with one attached hydrogen (secondary N) is 3. The molecule has 1 unspecified atom stereocenters. The van der Waals surface area contributed by atoms with E-state index in [9.17, 15) is 9.59 Å². The second kappa shape index (κ2) is 6.63. The minimum atomic E-state index is -0.608. The topological polar surface area (TPSA) is 96.2 Å². The molecule has 1 rings (SSSR count). The molecule has 0 aliphatic carbocycles. The quantitative estimate of drug-likeness (QED) is 0.617. The fourth-order valence-electron chi connectivity index (χ4n) is 1.46. The molecule has 1 atom stereocenters. The van der Waals surface area contributed by atoms with Crippen molar-refractivity contribution >= 4 is 23.3 Å². The van der Waals surface area contributed by atoms with Crippen LogP contribution in [0.15, 0.2) is 24.3 Å². The molecule has 0 bridgehead atoms. The maximum absolute atomic E-state index is 11.7. The maximum Gasteiger partial charge on any atom is 0.319 e. The lowest BCUT2D eigenvalue weighted by atomic mass is 10.2. The third kappa shape index (κ3) is 5.29. The van der Waals surface area contributed by atoms with E-state index in [0.29, 0.717) is 11.4 Å². The van der Waals surface area contributed by atoms with E-state index in [1.54, 1.807) is 31.2 Å². The van der Waals surface area contributed by atoms with Crippen LogP contribution in [0.5, 0.6) is 0 Å². The Balaban J connectivity index is 2.49. The fraction of sp³-hybridized carbons (Fsp3) is 0.385. The molecule has 0 aliphatic rings. The van der Waals surface area contributed by atoms with Crippen LogP contribution in [0.1, 0.15) is 20.8 Å². The van der Waals surface area contributed by atoms with Gasteiger partial charge in [-0.1, -0.05) is 6.07 Å². The molecule has 1 aromatic carbocycles. The summed E-state index contributed by atoms with van der Waals surface area (Å²) >= 11 is 0. The molecule has 6 nitrogen and oxygen atoms in total. The molecule has 1 aromatic rings. The van der Waals surface area contributed by atoms with Crippen molar-refractivity contribution in [1.29, 1.82) is 0 Å². The van der Waals surface area contributed by atoms with Crippen LogP contribution in [0, 0.1) is 0 Å². The number of urea groups is 1. The number of nitrogen functional groups attached to an aromatic ring is 1. The van der Waals surface area contributed by atoms with Gasteiger partial charge in [-0.25, -0.2) is 4.79 Å². The first-order chi connectivity index (χ1) is 8.88. The third-order valence-electron chi connectivity index (χ3n) is 2.32. The van der Waals surface area contributed by atoms with Gasteiger partial charge in [0.15, 0.2) is 0 Å². The van der Waals surface area contributed by atoms with Crippen molar-refractivity contribution in [3.05, 3.63) is 24.3 Å². The van der Waals surface area contributed by atoms with Crippen LogP contribution in [0.2, 0.25) is 0 Å². The second-order valence-electron chi connectivity index (χ2n) is 4.61. The van der Waals surface area contributed by atoms with E-state index in [1.165, 1.54) is 0 Å². The molecule has 3 amide bonds. The lowest BCUT2D eigenvalue weighted by Crippen LogP contribution is -2.48. The Morgan fingerprint density at radius 3 is 2.42 bits per heavy atom. The van der Waals surface area contributed by atoms with Crippen molar-refractivity contribution in [1.82, 2.24) is 10.6 Å². The van der Waals surface area contributed by atoms with Crippen molar-refractivity contribution in [3.63, 3.8) is 0 Å². The SMILES string of the molecule is CC(C)NC(=O)C(C)NC(=O)Nc1cccc(N)c1. The van der Waals surface area contributed by atoms with Gasteiger partial charge in [-0.15, -0.1) is 0 Å². The van der Waals surface area contributed by atoms with E-state index in [2.05, 4.69) is 16.0 Å². The zero-order valence-corrected chi connectivity index (χ0v) is 11.4. The highest BCUT2D eigenvalue weighted by Gasteiger charge is 2.15. The smallest absolute Gasteiger partial charge is 0.319 e. The minimum absolute atomic E-state index is 0.0359. The molecular weight excluding hydrogens is 244 g/mol. The summed E-state index contributed by atoms with van der Waals surface area (Å²) in [7, 11) is 0. The Hall–Kier alpha value is -2.24. The highest BCUT2D eigenvalue weighted by Crippen LogP contribution is 2.11. The maximum atomic E-state index is 11.7. The fourth-order valence-corrected chi connectivity index (χ4v) is 1.46. The Kier molecular flexibility index (Phi) is 5.17. The molecule has 19 heavy (non-hydrogen) atoms. The summed E-state index contributed by atoms with van der Waals surface area (Å²) in [5, 5.41) is 7.88. The van der Waals surface area contributed by atoms with Gasteiger partial charge >= 0.3 is 6.03 Å². The summed E-state index contributed by atoms with van der Waals surface area (Å²) in [6.45, 7) is 5.34. The number of hydrogen-bond donors (Lipinski definition) is 4. The summed E-state index contributed by atoms with van der Waals surface area (Å²) in [5.41, 5.74) is 6.74. The van der Waals surface area contributed by atoms with E-state index in [0.717, 1.165) is 0 Å². The highest BCUT2D eigenvalue weighted by atomic mass is 16.2. The molecular formula is C13H20N4O2. The van der Waals surface area contributed by atoms with Gasteiger partial charge in [-0.05, 0) is 39.0 Å². The first-order valence-electron chi connectivity index (χ1n) is 6.12. The van der Waals surface area contributed by atoms with Crippen molar-refractivity contribution in [3.8, 4) is 0 Å². The van der Waals surface area contributed by atoms with Gasteiger partial charge < -0.3 is 21.7 Å². The lowest BCUT2D eigenvalue weighted by Gasteiger charge is -2.16. The standard InChI is InChI=1S/C13H20N4O2/c1-8(2)15-12(18)9(3)16-13(19)17-11-6-4-5-10(14)7-11/h4-9H,14H2,1-3H3,(H,15,18)(H2,16,17,19). The molecule has 0 heterocycles. The summed E-state index contributed by atoms with van der Waals surface area (Å²) in [5.74, 6) is -0.224. The van der Waals surface area contributed by atoms with E-state index in [1.807, 2.05) is 13.8 Å². The number of anilines is 2. The number of carbonyl (C=O) groups is 2. The van der Waals surface area contributed by atoms with Gasteiger partial charge in [0.25, 0.3) is 0 Å². The number of nitrogens with two attached hydrogens (primary N) is 1. The van der Waals surface area contributed by atoms with Crippen LogP contribution >= 0.6 is 0 Å². The molecule has 0 radical (unpaired) electrons. The number of rotatable bonds is 4. The monoisotopic (exact) mass is 264 g/mol. The molecule has 0 fully saturated rings. The van der Waals surface area contributed by atoms with Crippen LogP contribution < -0.4 is 21.7 Å². The predicted octanol–water partition coefficient (Wildman–Crippen LogP) is 1.30. The van der Waals surface area contributed by atoms with E-state index >= 15 is 0 Å². The zero-order chi connectivity index (χ0) is 14.4. The van der Waals surface area contributed by atoms with Crippen LogP contribution in [0.4, 0.5) is 16.2 Å². The summed E-state index contributed by atoms with van der Waals surface area (Å²) < 4.78 is 0. The Bertz CT molecular complexity index is 460. The van der Waals surface area contributed by atoms with Gasteiger partial charge in [0.1, 0.15) is 6.04 Å².